The minimum absolute atomic E-state index is 0.268. The van der Waals surface area contributed by atoms with Crippen molar-refractivity contribution in [3.05, 3.63) is 22.3 Å². The summed E-state index contributed by atoms with van der Waals surface area (Å²) in [6, 6.07) is 4.19. The van der Waals surface area contributed by atoms with Gasteiger partial charge in [0.15, 0.2) is 10.6 Å². The molecule has 2 fully saturated rings. The molecule has 2 aromatic rings. The van der Waals surface area contributed by atoms with Crippen molar-refractivity contribution in [2.24, 2.45) is 0 Å². The molecule has 2 saturated heterocycles. The number of rotatable bonds is 5. The van der Waals surface area contributed by atoms with E-state index in [-0.39, 0.29) is 6.10 Å². The number of thiophene rings is 1. The summed E-state index contributed by atoms with van der Waals surface area (Å²) < 4.78 is 10.8. The summed E-state index contributed by atoms with van der Waals surface area (Å²) in [6.07, 6.45) is 5.09. The fraction of sp³-hybridized carbons (Fsp3) is 0.625. The average molecular weight is 351 g/mol. The molecule has 0 radical (unpaired) electrons. The van der Waals surface area contributed by atoms with Gasteiger partial charge < -0.3 is 4.74 Å². The Labute approximate surface area is 145 Å². The van der Waals surface area contributed by atoms with Gasteiger partial charge in [-0.05, 0) is 62.4 Å². The first-order valence-corrected chi connectivity index (χ1v) is 9.65. The van der Waals surface area contributed by atoms with E-state index in [9.17, 15) is 0 Å². The summed E-state index contributed by atoms with van der Waals surface area (Å²) in [5.74, 6) is 0.986. The number of likely N-dealkylation sites (tertiary alicyclic amines) is 1. The third-order valence-corrected chi connectivity index (χ3v) is 5.90. The van der Waals surface area contributed by atoms with E-state index < -0.39 is 0 Å². The number of hydrogen-bond donors (Lipinski definition) is 0. The van der Waals surface area contributed by atoms with Gasteiger partial charge in [0.25, 0.3) is 0 Å². The Balaban J connectivity index is 1.66. The van der Waals surface area contributed by atoms with Gasteiger partial charge in [0, 0.05) is 6.61 Å². The van der Waals surface area contributed by atoms with Gasteiger partial charge in [-0.15, -0.1) is 16.4 Å². The van der Waals surface area contributed by atoms with Crippen LogP contribution in [0.1, 0.15) is 25.7 Å². The van der Waals surface area contributed by atoms with Crippen LogP contribution in [0, 0.1) is 4.77 Å². The fourth-order valence-corrected chi connectivity index (χ4v) is 4.37. The molecular formula is C16H22N4OS2. The largest absolute Gasteiger partial charge is 0.376 e. The highest BCUT2D eigenvalue weighted by molar-refractivity contribution is 7.71. The Morgan fingerprint density at radius 1 is 1.30 bits per heavy atom. The molecule has 0 spiro atoms. The summed E-state index contributed by atoms with van der Waals surface area (Å²) in [7, 11) is 0. The predicted octanol–water partition coefficient (Wildman–Crippen LogP) is 3.37. The van der Waals surface area contributed by atoms with E-state index in [0.717, 1.165) is 56.3 Å². The van der Waals surface area contributed by atoms with Crippen molar-refractivity contribution >= 4 is 23.6 Å². The summed E-state index contributed by atoms with van der Waals surface area (Å²) in [6.45, 7) is 4.78. The minimum Gasteiger partial charge on any atom is -0.376 e. The van der Waals surface area contributed by atoms with E-state index in [0.29, 0.717) is 0 Å². The van der Waals surface area contributed by atoms with E-state index in [1.165, 1.54) is 17.7 Å². The van der Waals surface area contributed by atoms with Crippen LogP contribution < -0.4 is 0 Å². The van der Waals surface area contributed by atoms with Gasteiger partial charge in [0.1, 0.15) is 0 Å². The third kappa shape index (κ3) is 3.28. The normalized spacial score (nSPS) is 22.2. The number of nitrogens with zero attached hydrogens (tertiary/aromatic N) is 4. The maximum absolute atomic E-state index is 5.82. The van der Waals surface area contributed by atoms with E-state index in [4.69, 9.17) is 22.1 Å². The van der Waals surface area contributed by atoms with Crippen LogP contribution in [0.2, 0.25) is 0 Å². The molecular weight excluding hydrogens is 328 g/mol. The van der Waals surface area contributed by atoms with Crippen LogP contribution in [0.25, 0.3) is 10.7 Å². The second-order valence-corrected chi connectivity index (χ2v) is 7.61. The van der Waals surface area contributed by atoms with Gasteiger partial charge in [-0.25, -0.2) is 4.68 Å². The fourth-order valence-electron chi connectivity index (χ4n) is 3.39. The maximum Gasteiger partial charge on any atom is 0.199 e. The highest BCUT2D eigenvalue weighted by Crippen LogP contribution is 2.26. The van der Waals surface area contributed by atoms with E-state index in [2.05, 4.69) is 27.0 Å². The highest BCUT2D eigenvalue weighted by Gasteiger charge is 2.22. The Kier molecular flexibility index (Phi) is 4.61. The molecule has 0 saturated carbocycles. The molecule has 0 aromatic carbocycles. The molecule has 2 aliphatic rings. The number of ether oxygens (including phenoxy) is 1. The van der Waals surface area contributed by atoms with E-state index in [1.54, 1.807) is 11.3 Å². The molecule has 4 rings (SSSR count). The van der Waals surface area contributed by atoms with Crippen LogP contribution in [0.4, 0.5) is 0 Å². The zero-order chi connectivity index (χ0) is 15.6. The third-order valence-electron chi connectivity index (χ3n) is 4.61. The second kappa shape index (κ2) is 6.84. The van der Waals surface area contributed by atoms with Crippen molar-refractivity contribution in [1.82, 2.24) is 19.2 Å². The van der Waals surface area contributed by atoms with Gasteiger partial charge in [-0.1, -0.05) is 6.07 Å². The lowest BCUT2D eigenvalue weighted by atomic mass is 10.2. The second-order valence-electron chi connectivity index (χ2n) is 6.30. The average Bonchev–Trinajstić information content (AvgIpc) is 3.33. The number of hydrogen-bond acceptors (Lipinski definition) is 5. The van der Waals surface area contributed by atoms with Crippen LogP contribution in [-0.2, 0) is 18.0 Å². The van der Waals surface area contributed by atoms with Crippen molar-refractivity contribution in [3.63, 3.8) is 0 Å². The molecule has 5 nitrogen and oxygen atoms in total. The molecule has 2 aliphatic heterocycles. The predicted molar refractivity (Wildman–Crippen MR) is 94.1 cm³/mol. The smallest absolute Gasteiger partial charge is 0.199 e. The van der Waals surface area contributed by atoms with Crippen LogP contribution in [0.15, 0.2) is 17.5 Å². The lowest BCUT2D eigenvalue weighted by Gasteiger charge is -2.14. The molecule has 124 valence electrons. The van der Waals surface area contributed by atoms with E-state index in [1.807, 2.05) is 4.68 Å². The minimum atomic E-state index is 0.268. The van der Waals surface area contributed by atoms with E-state index >= 15 is 0 Å². The Morgan fingerprint density at radius 2 is 2.17 bits per heavy atom. The Bertz CT molecular complexity index is 694. The van der Waals surface area contributed by atoms with Gasteiger partial charge in [0.2, 0.25) is 0 Å². The highest BCUT2D eigenvalue weighted by atomic mass is 32.1. The first-order valence-electron chi connectivity index (χ1n) is 8.37. The van der Waals surface area contributed by atoms with Gasteiger partial charge in [0.05, 0.1) is 24.2 Å². The molecule has 0 bridgehead atoms. The molecule has 0 N–H and O–H groups in total. The molecule has 1 atom stereocenters. The van der Waals surface area contributed by atoms with Crippen molar-refractivity contribution in [3.8, 4) is 10.7 Å². The van der Waals surface area contributed by atoms with Crippen LogP contribution >= 0.6 is 23.6 Å². The summed E-state index contributed by atoms with van der Waals surface area (Å²) in [4.78, 5) is 3.60. The quantitative estimate of drug-likeness (QED) is 0.775. The Hall–Kier alpha value is -1.02. The lowest BCUT2D eigenvalue weighted by molar-refractivity contribution is 0.0967. The van der Waals surface area contributed by atoms with Crippen molar-refractivity contribution in [2.45, 2.75) is 45.0 Å². The summed E-state index contributed by atoms with van der Waals surface area (Å²) in [5.41, 5.74) is 0. The van der Waals surface area contributed by atoms with Gasteiger partial charge in [-0.2, -0.15) is 0 Å². The van der Waals surface area contributed by atoms with Crippen molar-refractivity contribution < 1.29 is 4.74 Å². The zero-order valence-corrected chi connectivity index (χ0v) is 14.8. The Morgan fingerprint density at radius 3 is 2.87 bits per heavy atom. The molecule has 0 aliphatic carbocycles. The first kappa shape index (κ1) is 15.5. The molecule has 0 amide bonds. The maximum atomic E-state index is 5.82. The van der Waals surface area contributed by atoms with Crippen molar-refractivity contribution in [2.75, 3.05) is 19.7 Å². The molecule has 1 unspecified atom stereocenters. The van der Waals surface area contributed by atoms with Crippen molar-refractivity contribution in [1.29, 1.82) is 0 Å². The van der Waals surface area contributed by atoms with Crippen LogP contribution in [0.5, 0.6) is 0 Å². The standard InChI is InChI=1S/C16H22N4OS2/c22-16-19(11-13-5-3-9-21-13)15(14-6-4-10-23-14)17-20(16)12-18-7-1-2-8-18/h4,6,10,13H,1-3,5,7-9,11-12H2. The SMILES string of the molecule is S=c1n(CN2CCCC2)nc(-c2cccs2)n1CC1CCCO1. The molecule has 4 heterocycles. The first-order chi connectivity index (χ1) is 11.3. The summed E-state index contributed by atoms with van der Waals surface area (Å²) >= 11 is 7.46. The van der Waals surface area contributed by atoms with Gasteiger partial charge in [-0.3, -0.25) is 9.47 Å². The molecule has 7 heteroatoms. The van der Waals surface area contributed by atoms with Crippen LogP contribution in [0.3, 0.4) is 0 Å². The topological polar surface area (TPSA) is 35.2 Å². The monoisotopic (exact) mass is 350 g/mol. The molecule has 2 aromatic heterocycles. The summed E-state index contributed by atoms with van der Waals surface area (Å²) in [5, 5.41) is 6.94. The van der Waals surface area contributed by atoms with Crippen LogP contribution in [-0.4, -0.2) is 45.0 Å². The zero-order valence-electron chi connectivity index (χ0n) is 13.2. The number of aromatic nitrogens is 3. The van der Waals surface area contributed by atoms with Gasteiger partial charge >= 0.3 is 0 Å². The lowest BCUT2D eigenvalue weighted by Crippen LogP contribution is -2.24. The molecule has 23 heavy (non-hydrogen) atoms.